The molecule has 0 spiro atoms. The molecule has 4 aliphatic carbocycles. The van der Waals surface area contributed by atoms with Crippen molar-refractivity contribution in [2.45, 2.75) is 76.9 Å². The van der Waals surface area contributed by atoms with E-state index >= 15 is 0 Å². The summed E-state index contributed by atoms with van der Waals surface area (Å²) in [7, 11) is 1.69. The smallest absolute Gasteiger partial charge is 0.118 e. The summed E-state index contributed by atoms with van der Waals surface area (Å²) in [6.45, 7) is 5.43. The number of fused-ring (bicyclic) bond motifs is 5. The molecule has 0 radical (unpaired) electrons. The normalized spacial score (nSPS) is 43.1. The van der Waals surface area contributed by atoms with Crippen LogP contribution in [-0.4, -0.2) is 36.6 Å². The van der Waals surface area contributed by atoms with E-state index in [1.165, 1.54) is 12.8 Å². The van der Waals surface area contributed by atoms with Crippen molar-refractivity contribution >= 4 is 0 Å². The van der Waals surface area contributed by atoms with Crippen LogP contribution in [0.3, 0.4) is 0 Å². The van der Waals surface area contributed by atoms with Gasteiger partial charge in [0.2, 0.25) is 0 Å². The molecule has 1 aromatic carbocycles. The van der Waals surface area contributed by atoms with E-state index in [-0.39, 0.29) is 23.5 Å². The van der Waals surface area contributed by atoms with E-state index in [0.717, 1.165) is 49.8 Å². The minimum absolute atomic E-state index is 0.0775. The van der Waals surface area contributed by atoms with Crippen molar-refractivity contribution in [3.05, 3.63) is 41.5 Å². The molecule has 7 atom stereocenters. The molecule has 0 bridgehead atoms. The minimum Gasteiger partial charge on any atom is -0.497 e. The Hall–Kier alpha value is -1.36. The summed E-state index contributed by atoms with van der Waals surface area (Å²) in [5, 5.41) is 21.2. The Balaban J connectivity index is 1.40. The number of aliphatic hydroxyl groups is 2. The van der Waals surface area contributed by atoms with Gasteiger partial charge in [0.1, 0.15) is 5.75 Å². The van der Waals surface area contributed by atoms with E-state index in [9.17, 15) is 5.11 Å². The molecule has 0 aliphatic heterocycles. The molecule has 1 aromatic rings. The first-order chi connectivity index (χ1) is 15.4. The number of hydrogen-bond acceptors (Lipinski definition) is 4. The average molecular weight is 441 g/mol. The summed E-state index contributed by atoms with van der Waals surface area (Å²) in [5.74, 6) is 2.77. The highest BCUT2D eigenvalue weighted by atomic mass is 16.5. The molecular formula is C28H40O4. The molecule has 4 heteroatoms. The maximum atomic E-state index is 12.1. The van der Waals surface area contributed by atoms with Gasteiger partial charge in [0.15, 0.2) is 0 Å². The molecule has 4 nitrogen and oxygen atoms in total. The summed E-state index contributed by atoms with van der Waals surface area (Å²) in [4.78, 5) is 0. The first-order valence-electron chi connectivity index (χ1n) is 12.6. The van der Waals surface area contributed by atoms with Gasteiger partial charge >= 0.3 is 0 Å². The molecular weight excluding hydrogens is 400 g/mol. The standard InChI is InChI=1S/C28H40O4/c1-26-13-10-22(32-17-16-29)18-20(26)6-9-23-24(26)11-14-27(2)25(23)12-15-28(27,30)19-4-7-21(31-3)8-5-19/h4-8,22-25,29-30H,9-18H2,1-3H3/t22-,23+,24-,25-,26-,27-,28+/m0/s1. The maximum Gasteiger partial charge on any atom is 0.118 e. The van der Waals surface area contributed by atoms with Crippen LogP contribution in [0.4, 0.5) is 0 Å². The molecule has 0 unspecified atom stereocenters. The summed E-state index contributed by atoms with van der Waals surface area (Å²) in [6.07, 6.45) is 11.5. The van der Waals surface area contributed by atoms with Crippen molar-refractivity contribution in [2.24, 2.45) is 28.6 Å². The summed E-state index contributed by atoms with van der Waals surface area (Å²) in [5.41, 5.74) is 2.09. The molecule has 0 saturated heterocycles. The Morgan fingerprint density at radius 1 is 1.00 bits per heavy atom. The van der Waals surface area contributed by atoms with Crippen molar-refractivity contribution in [1.29, 1.82) is 0 Å². The Kier molecular flexibility index (Phi) is 5.71. The molecule has 4 aliphatic rings. The molecule has 3 fully saturated rings. The van der Waals surface area contributed by atoms with Gasteiger partial charge in [0, 0.05) is 5.41 Å². The summed E-state index contributed by atoms with van der Waals surface area (Å²) < 4.78 is 11.3. The number of rotatable bonds is 5. The van der Waals surface area contributed by atoms with E-state index in [4.69, 9.17) is 14.6 Å². The highest BCUT2D eigenvalue weighted by molar-refractivity contribution is 5.35. The average Bonchev–Trinajstić information content (AvgIpc) is 3.09. The molecule has 32 heavy (non-hydrogen) atoms. The summed E-state index contributed by atoms with van der Waals surface area (Å²) >= 11 is 0. The molecule has 0 aromatic heterocycles. The minimum atomic E-state index is -0.754. The zero-order valence-electron chi connectivity index (χ0n) is 20.0. The third-order valence-electron chi connectivity index (χ3n) is 10.2. The second-order valence-electron chi connectivity index (χ2n) is 11.3. The predicted molar refractivity (Wildman–Crippen MR) is 125 cm³/mol. The van der Waals surface area contributed by atoms with Crippen molar-refractivity contribution in [3.8, 4) is 5.75 Å². The number of hydrogen-bond donors (Lipinski definition) is 2. The van der Waals surface area contributed by atoms with Gasteiger partial charge in [-0.15, -0.1) is 0 Å². The molecule has 2 N–H and O–H groups in total. The van der Waals surface area contributed by atoms with Gasteiger partial charge in [-0.3, -0.25) is 0 Å². The van der Waals surface area contributed by atoms with Crippen LogP contribution in [0, 0.1) is 28.6 Å². The fourth-order valence-corrected chi connectivity index (χ4v) is 8.35. The highest BCUT2D eigenvalue weighted by Crippen LogP contribution is 2.69. The SMILES string of the molecule is COc1ccc([C@]2(O)CC[C@H]3[C@@H]4CC=C5C[C@@H](OCCO)CC[C@]5(C)[C@H]4CC[C@@]32C)cc1. The van der Waals surface area contributed by atoms with Gasteiger partial charge in [-0.05, 0) is 92.2 Å². The Morgan fingerprint density at radius 2 is 1.75 bits per heavy atom. The van der Waals surface area contributed by atoms with E-state index in [1.807, 2.05) is 12.1 Å². The predicted octanol–water partition coefficient (Wildman–Crippen LogP) is 5.22. The van der Waals surface area contributed by atoms with Gasteiger partial charge in [-0.25, -0.2) is 0 Å². The lowest BCUT2D eigenvalue weighted by molar-refractivity contribution is -0.130. The highest BCUT2D eigenvalue weighted by Gasteiger charge is 2.64. The lowest BCUT2D eigenvalue weighted by Crippen LogP contribution is -2.53. The van der Waals surface area contributed by atoms with E-state index in [1.54, 1.807) is 12.7 Å². The molecule has 3 saturated carbocycles. The van der Waals surface area contributed by atoms with Gasteiger partial charge < -0.3 is 19.7 Å². The van der Waals surface area contributed by atoms with Crippen LogP contribution in [0.25, 0.3) is 0 Å². The van der Waals surface area contributed by atoms with Crippen molar-refractivity contribution in [3.63, 3.8) is 0 Å². The van der Waals surface area contributed by atoms with Crippen LogP contribution in [0.5, 0.6) is 5.75 Å². The van der Waals surface area contributed by atoms with E-state index < -0.39 is 5.60 Å². The van der Waals surface area contributed by atoms with Gasteiger partial charge in [-0.1, -0.05) is 37.6 Å². The fraction of sp³-hybridized carbons (Fsp3) is 0.714. The maximum absolute atomic E-state index is 12.1. The third kappa shape index (κ3) is 3.20. The van der Waals surface area contributed by atoms with Crippen LogP contribution < -0.4 is 4.74 Å². The van der Waals surface area contributed by atoms with Crippen molar-refractivity contribution < 1.29 is 19.7 Å². The summed E-state index contributed by atoms with van der Waals surface area (Å²) in [6, 6.07) is 8.13. The molecule has 0 amide bonds. The fourth-order valence-electron chi connectivity index (χ4n) is 8.35. The van der Waals surface area contributed by atoms with Crippen molar-refractivity contribution in [2.75, 3.05) is 20.3 Å². The first-order valence-corrected chi connectivity index (χ1v) is 12.6. The number of benzene rings is 1. The van der Waals surface area contributed by atoms with Crippen LogP contribution in [0.15, 0.2) is 35.9 Å². The second kappa shape index (κ2) is 8.14. The van der Waals surface area contributed by atoms with Crippen LogP contribution >= 0.6 is 0 Å². The molecule has 0 heterocycles. The number of allylic oxidation sites excluding steroid dienone is 1. The van der Waals surface area contributed by atoms with E-state index in [2.05, 4.69) is 32.1 Å². The topological polar surface area (TPSA) is 58.9 Å². The van der Waals surface area contributed by atoms with Crippen LogP contribution in [0.2, 0.25) is 0 Å². The number of methoxy groups -OCH3 is 1. The van der Waals surface area contributed by atoms with Crippen molar-refractivity contribution in [1.82, 2.24) is 0 Å². The van der Waals surface area contributed by atoms with Gasteiger partial charge in [-0.2, -0.15) is 0 Å². The molecule has 5 rings (SSSR count). The van der Waals surface area contributed by atoms with Crippen LogP contribution in [-0.2, 0) is 10.3 Å². The van der Waals surface area contributed by atoms with E-state index in [0.29, 0.717) is 24.4 Å². The van der Waals surface area contributed by atoms with Gasteiger partial charge in [0.05, 0.1) is 32.0 Å². The third-order valence-corrected chi connectivity index (χ3v) is 10.2. The monoisotopic (exact) mass is 440 g/mol. The molecule has 176 valence electrons. The van der Waals surface area contributed by atoms with Crippen LogP contribution in [0.1, 0.15) is 70.8 Å². The lowest BCUT2D eigenvalue weighted by Gasteiger charge is -2.59. The Morgan fingerprint density at radius 3 is 2.47 bits per heavy atom. The number of aliphatic hydroxyl groups excluding tert-OH is 1. The zero-order chi connectivity index (χ0) is 22.6. The zero-order valence-corrected chi connectivity index (χ0v) is 20.0. The first kappa shape index (κ1) is 22.4. The number of ether oxygens (including phenoxy) is 2. The Labute approximate surface area is 193 Å². The quantitative estimate of drug-likeness (QED) is 0.616. The van der Waals surface area contributed by atoms with Gasteiger partial charge in [0.25, 0.3) is 0 Å². The Bertz CT molecular complexity index is 863. The second-order valence-corrected chi connectivity index (χ2v) is 11.3. The largest absolute Gasteiger partial charge is 0.497 e. The lowest BCUT2D eigenvalue weighted by atomic mass is 9.46.